The number of rotatable bonds is 3. The van der Waals surface area contributed by atoms with Crippen molar-refractivity contribution in [1.29, 1.82) is 0 Å². The van der Waals surface area contributed by atoms with Gasteiger partial charge in [-0.05, 0) is 26.3 Å². The Labute approximate surface area is 125 Å². The molecule has 1 aliphatic heterocycles. The van der Waals surface area contributed by atoms with Gasteiger partial charge in [0.1, 0.15) is 6.61 Å². The van der Waals surface area contributed by atoms with Crippen molar-refractivity contribution >= 4 is 6.09 Å². The summed E-state index contributed by atoms with van der Waals surface area (Å²) in [6.07, 6.45) is -1.05. The molecule has 116 valence electrons. The van der Waals surface area contributed by atoms with Crippen LogP contribution in [0.2, 0.25) is 0 Å². The van der Waals surface area contributed by atoms with Gasteiger partial charge in [-0.15, -0.1) is 0 Å². The van der Waals surface area contributed by atoms with Crippen LogP contribution in [0, 0.1) is 0 Å². The number of benzene rings is 1. The van der Waals surface area contributed by atoms with Crippen LogP contribution in [-0.2, 0) is 11.3 Å². The van der Waals surface area contributed by atoms with E-state index in [2.05, 4.69) is 31.0 Å². The topological polar surface area (TPSA) is 61.8 Å². The van der Waals surface area contributed by atoms with Gasteiger partial charge in [-0.1, -0.05) is 30.3 Å². The van der Waals surface area contributed by atoms with E-state index in [0.29, 0.717) is 13.1 Å². The molecule has 2 N–H and O–H groups in total. The monoisotopic (exact) mass is 292 g/mol. The van der Waals surface area contributed by atoms with Gasteiger partial charge in [0, 0.05) is 18.6 Å². The highest BCUT2D eigenvalue weighted by atomic mass is 16.5. The molecule has 2 atom stereocenters. The first-order valence-electron chi connectivity index (χ1n) is 7.26. The van der Waals surface area contributed by atoms with Gasteiger partial charge in [-0.25, -0.2) is 4.79 Å². The highest BCUT2D eigenvalue weighted by Crippen LogP contribution is 2.21. The summed E-state index contributed by atoms with van der Waals surface area (Å²) in [7, 11) is 0. The largest absolute Gasteiger partial charge is 0.445 e. The minimum Gasteiger partial charge on any atom is -0.445 e. The summed E-state index contributed by atoms with van der Waals surface area (Å²) in [4.78, 5) is 14.0. The SMILES string of the molecule is CC(C)(C)N1C[C@H](NC(=O)OCc2ccccc2)[C@@H](O)C1. The van der Waals surface area contributed by atoms with E-state index in [1.54, 1.807) is 0 Å². The number of nitrogens with one attached hydrogen (secondary N) is 1. The van der Waals surface area contributed by atoms with E-state index >= 15 is 0 Å². The first-order valence-corrected chi connectivity index (χ1v) is 7.26. The van der Waals surface area contributed by atoms with Crippen molar-refractivity contribution < 1.29 is 14.6 Å². The Morgan fingerprint density at radius 2 is 2.00 bits per heavy atom. The van der Waals surface area contributed by atoms with E-state index in [1.807, 2.05) is 30.3 Å². The lowest BCUT2D eigenvalue weighted by Gasteiger charge is -2.31. The van der Waals surface area contributed by atoms with Crippen LogP contribution in [0.25, 0.3) is 0 Å². The number of nitrogens with zero attached hydrogens (tertiary/aromatic N) is 1. The quantitative estimate of drug-likeness (QED) is 0.891. The van der Waals surface area contributed by atoms with Crippen LogP contribution in [0.5, 0.6) is 0 Å². The van der Waals surface area contributed by atoms with E-state index < -0.39 is 12.2 Å². The minimum absolute atomic E-state index is 0.0225. The van der Waals surface area contributed by atoms with Crippen LogP contribution in [0.3, 0.4) is 0 Å². The van der Waals surface area contributed by atoms with Gasteiger partial charge < -0.3 is 15.2 Å². The van der Waals surface area contributed by atoms with Crippen LogP contribution in [-0.4, -0.2) is 46.9 Å². The molecule has 0 radical (unpaired) electrons. The Bertz CT molecular complexity index is 470. The number of aliphatic hydroxyl groups excluding tert-OH is 1. The van der Waals surface area contributed by atoms with Crippen LogP contribution < -0.4 is 5.32 Å². The first-order chi connectivity index (χ1) is 9.86. The molecule has 0 bridgehead atoms. The molecule has 1 aliphatic rings. The number of alkyl carbamates (subject to hydrolysis) is 1. The molecule has 2 rings (SSSR count). The second-order valence-electron chi connectivity index (χ2n) is 6.46. The number of carbonyl (C=O) groups excluding carboxylic acids is 1. The van der Waals surface area contributed by atoms with E-state index in [1.165, 1.54) is 0 Å². The predicted octanol–water partition coefficient (Wildman–Crippen LogP) is 1.76. The van der Waals surface area contributed by atoms with Crippen molar-refractivity contribution in [2.75, 3.05) is 13.1 Å². The molecule has 1 amide bonds. The molecule has 0 unspecified atom stereocenters. The van der Waals surface area contributed by atoms with Gasteiger partial charge in [-0.2, -0.15) is 0 Å². The molecule has 1 heterocycles. The molecule has 21 heavy (non-hydrogen) atoms. The maximum Gasteiger partial charge on any atom is 0.407 e. The number of likely N-dealkylation sites (tertiary alicyclic amines) is 1. The molecule has 1 aromatic carbocycles. The van der Waals surface area contributed by atoms with Crippen molar-refractivity contribution in [3.63, 3.8) is 0 Å². The van der Waals surface area contributed by atoms with Gasteiger partial charge in [0.2, 0.25) is 0 Å². The number of hydrogen-bond acceptors (Lipinski definition) is 4. The van der Waals surface area contributed by atoms with Crippen LogP contribution in [0.4, 0.5) is 4.79 Å². The maximum atomic E-state index is 11.8. The van der Waals surface area contributed by atoms with E-state index in [9.17, 15) is 9.90 Å². The predicted molar refractivity (Wildman–Crippen MR) is 80.9 cm³/mol. The summed E-state index contributed by atoms with van der Waals surface area (Å²) in [5.74, 6) is 0. The lowest BCUT2D eigenvalue weighted by atomic mass is 10.1. The third kappa shape index (κ3) is 4.44. The average Bonchev–Trinajstić information content (AvgIpc) is 2.79. The van der Waals surface area contributed by atoms with Gasteiger partial charge in [0.05, 0.1) is 12.1 Å². The molecule has 0 aromatic heterocycles. The molecule has 0 spiro atoms. The molecule has 1 fully saturated rings. The first kappa shape index (κ1) is 15.8. The Morgan fingerprint density at radius 3 is 2.57 bits per heavy atom. The van der Waals surface area contributed by atoms with Crippen molar-refractivity contribution in [3.8, 4) is 0 Å². The molecule has 1 aromatic rings. The lowest BCUT2D eigenvalue weighted by molar-refractivity contribution is 0.114. The molecular weight excluding hydrogens is 268 g/mol. The second kappa shape index (κ2) is 6.45. The molecule has 5 nitrogen and oxygen atoms in total. The Morgan fingerprint density at radius 1 is 1.33 bits per heavy atom. The van der Waals surface area contributed by atoms with Gasteiger partial charge in [0.25, 0.3) is 0 Å². The van der Waals surface area contributed by atoms with Crippen LogP contribution in [0.1, 0.15) is 26.3 Å². The number of hydrogen-bond donors (Lipinski definition) is 2. The second-order valence-corrected chi connectivity index (χ2v) is 6.46. The summed E-state index contributed by atoms with van der Waals surface area (Å²) < 4.78 is 5.18. The summed E-state index contributed by atoms with van der Waals surface area (Å²) in [5, 5.41) is 12.8. The average molecular weight is 292 g/mol. The number of β-amino-alcohol motifs (C(OH)–C–C–N with tert-alkyl or cyclic N) is 1. The number of ether oxygens (including phenoxy) is 1. The fourth-order valence-electron chi connectivity index (χ4n) is 2.39. The van der Waals surface area contributed by atoms with Gasteiger partial charge >= 0.3 is 6.09 Å². The summed E-state index contributed by atoms with van der Waals surface area (Å²) >= 11 is 0. The number of aliphatic hydroxyl groups is 1. The van der Waals surface area contributed by atoms with Gasteiger partial charge in [0.15, 0.2) is 0 Å². The van der Waals surface area contributed by atoms with Gasteiger partial charge in [-0.3, -0.25) is 4.90 Å². The fourth-order valence-corrected chi connectivity index (χ4v) is 2.39. The van der Waals surface area contributed by atoms with Crippen LogP contribution >= 0.6 is 0 Å². The minimum atomic E-state index is -0.562. The van der Waals surface area contributed by atoms with Crippen molar-refractivity contribution in [3.05, 3.63) is 35.9 Å². The zero-order chi connectivity index (χ0) is 15.5. The summed E-state index contributed by atoms with van der Waals surface area (Å²) in [6, 6.07) is 9.24. The third-order valence-corrected chi connectivity index (χ3v) is 3.75. The normalized spacial score (nSPS) is 23.0. The van der Waals surface area contributed by atoms with Crippen molar-refractivity contribution in [2.24, 2.45) is 0 Å². The molecule has 5 heteroatoms. The Kier molecular flexibility index (Phi) is 4.85. The lowest BCUT2D eigenvalue weighted by Crippen LogP contribution is -2.44. The number of carbonyl (C=O) groups is 1. The van der Waals surface area contributed by atoms with E-state index in [0.717, 1.165) is 5.56 Å². The van der Waals surface area contributed by atoms with E-state index in [-0.39, 0.29) is 18.2 Å². The fraction of sp³-hybridized carbons (Fsp3) is 0.562. The maximum absolute atomic E-state index is 11.8. The highest BCUT2D eigenvalue weighted by molar-refractivity contribution is 5.67. The summed E-state index contributed by atoms with van der Waals surface area (Å²) in [6.45, 7) is 7.71. The Balaban J connectivity index is 1.80. The summed E-state index contributed by atoms with van der Waals surface area (Å²) in [5.41, 5.74) is 0.918. The molecule has 1 saturated heterocycles. The zero-order valence-electron chi connectivity index (χ0n) is 12.9. The Hall–Kier alpha value is -1.59. The molecule has 0 aliphatic carbocycles. The zero-order valence-corrected chi connectivity index (χ0v) is 12.9. The number of amides is 1. The van der Waals surface area contributed by atoms with Crippen molar-refractivity contribution in [1.82, 2.24) is 10.2 Å². The standard InChI is InChI=1S/C16H24N2O3/c1-16(2,3)18-9-13(14(19)10-18)17-15(20)21-11-12-7-5-4-6-8-12/h4-8,13-14,19H,9-11H2,1-3H3,(H,17,20)/t13-,14-/m0/s1. The van der Waals surface area contributed by atoms with E-state index in [4.69, 9.17) is 4.74 Å². The van der Waals surface area contributed by atoms with Crippen molar-refractivity contribution in [2.45, 2.75) is 45.1 Å². The smallest absolute Gasteiger partial charge is 0.407 e. The molecule has 0 saturated carbocycles. The molecular formula is C16H24N2O3. The third-order valence-electron chi connectivity index (χ3n) is 3.75. The highest BCUT2D eigenvalue weighted by Gasteiger charge is 2.37. The van der Waals surface area contributed by atoms with Crippen LogP contribution in [0.15, 0.2) is 30.3 Å².